The van der Waals surface area contributed by atoms with E-state index in [1.165, 1.54) is 72.3 Å². The minimum atomic E-state index is 0. The second-order valence-corrected chi connectivity index (χ2v) is 7.77. The molecular formula is C19H38NNb-3. The summed E-state index contributed by atoms with van der Waals surface area (Å²) in [5, 5.41) is 0. The molecule has 21 heavy (non-hydrogen) atoms. The van der Waals surface area contributed by atoms with Gasteiger partial charge in [0.05, 0.1) is 0 Å². The van der Waals surface area contributed by atoms with Gasteiger partial charge in [-0.1, -0.05) is 52.4 Å². The third-order valence-corrected chi connectivity index (χ3v) is 5.07. The number of hydrogen-bond acceptors (Lipinski definition) is 1. The van der Waals surface area contributed by atoms with Crippen LogP contribution >= 0.6 is 0 Å². The van der Waals surface area contributed by atoms with Crippen molar-refractivity contribution in [2.75, 3.05) is 0 Å². The molecule has 2 atom stereocenters. The van der Waals surface area contributed by atoms with E-state index in [2.05, 4.69) is 50.8 Å². The van der Waals surface area contributed by atoms with E-state index < -0.39 is 0 Å². The van der Waals surface area contributed by atoms with Gasteiger partial charge in [0, 0.05) is 0 Å². The fourth-order valence-corrected chi connectivity index (χ4v) is 2.41. The van der Waals surface area contributed by atoms with E-state index in [4.69, 9.17) is 0 Å². The monoisotopic (exact) mass is 373 g/mol. The van der Waals surface area contributed by atoms with Gasteiger partial charge in [0.1, 0.15) is 0 Å². The van der Waals surface area contributed by atoms with Crippen LogP contribution in [0.4, 0.5) is 0 Å². The topological polar surface area (TPSA) is 12.4 Å². The summed E-state index contributed by atoms with van der Waals surface area (Å²) in [6.45, 7) is 10.9. The predicted molar refractivity (Wildman–Crippen MR) is 92.5 cm³/mol. The van der Waals surface area contributed by atoms with Crippen molar-refractivity contribution in [3.63, 3.8) is 0 Å². The predicted octanol–water partition coefficient (Wildman–Crippen LogP) is 6.77. The summed E-state index contributed by atoms with van der Waals surface area (Å²) < 4.78 is 4.07. The summed E-state index contributed by atoms with van der Waals surface area (Å²) in [6.07, 6.45) is 16.3. The van der Waals surface area contributed by atoms with Gasteiger partial charge >= 0.3 is 50.5 Å². The molecular weight excluding hydrogens is 335 g/mol. The van der Waals surface area contributed by atoms with Gasteiger partial charge in [-0.05, 0) is 0 Å². The summed E-state index contributed by atoms with van der Waals surface area (Å²) in [7, 11) is 0. The Hall–Kier alpha value is 0.540. The van der Waals surface area contributed by atoms with Crippen molar-refractivity contribution < 1.29 is 20.9 Å². The SMILES string of the molecule is CC(C)(C)[N]=[Nb].CC1[CH-]C(C)CCC1.[CH-]1CCCCC1.[CH3-]. The van der Waals surface area contributed by atoms with Crippen molar-refractivity contribution in [1.29, 1.82) is 0 Å². The molecule has 2 unspecified atom stereocenters. The van der Waals surface area contributed by atoms with Crippen LogP contribution in [0.5, 0.6) is 0 Å². The van der Waals surface area contributed by atoms with Crippen molar-refractivity contribution in [1.82, 2.24) is 0 Å². The molecule has 0 amide bonds. The Morgan fingerprint density at radius 3 is 1.48 bits per heavy atom. The van der Waals surface area contributed by atoms with Crippen LogP contribution in [0.3, 0.4) is 0 Å². The van der Waals surface area contributed by atoms with Crippen LogP contribution in [0.25, 0.3) is 0 Å². The molecule has 0 aromatic heterocycles. The second kappa shape index (κ2) is 14.2. The summed E-state index contributed by atoms with van der Waals surface area (Å²) in [5.74, 6) is 1.78. The van der Waals surface area contributed by atoms with Crippen LogP contribution in [-0.2, 0) is 20.9 Å². The van der Waals surface area contributed by atoms with Crippen molar-refractivity contribution in [3.8, 4) is 0 Å². The van der Waals surface area contributed by atoms with E-state index in [0.717, 1.165) is 11.8 Å². The maximum atomic E-state index is 4.07. The first-order valence-electron chi connectivity index (χ1n) is 8.38. The Bertz CT molecular complexity index is 209. The molecule has 0 N–H and O–H groups in total. The quantitative estimate of drug-likeness (QED) is 0.328. The Morgan fingerprint density at radius 2 is 1.33 bits per heavy atom. The molecule has 2 aliphatic rings. The van der Waals surface area contributed by atoms with Gasteiger partial charge in [0.15, 0.2) is 0 Å². The van der Waals surface area contributed by atoms with Gasteiger partial charge in [-0.2, -0.15) is 24.7 Å². The molecule has 2 heteroatoms. The Balaban J connectivity index is 0. The van der Waals surface area contributed by atoms with Crippen LogP contribution in [-0.4, -0.2) is 5.54 Å². The normalized spacial score (nSPS) is 25.1. The van der Waals surface area contributed by atoms with Crippen molar-refractivity contribution in [2.45, 2.75) is 91.5 Å². The van der Waals surface area contributed by atoms with Gasteiger partial charge in [-0.25, -0.2) is 0 Å². The molecule has 0 aromatic rings. The standard InChI is InChI=1S/C8H15.C6H11.C4H9N.CH3.Nb/c1-7-4-3-5-8(2)6-7;1-2-4-6-5-3-1;1-4(2,3)5;;/h6-8H,3-5H2,1-2H3;1H,2-6H2;1-3H3;1H3;/q2*-1;;-1;. The van der Waals surface area contributed by atoms with E-state index in [1.807, 2.05) is 0 Å². The first kappa shape index (κ1) is 23.8. The van der Waals surface area contributed by atoms with Crippen LogP contribution in [0.1, 0.15) is 86.0 Å². The molecule has 0 heterocycles. The molecule has 127 valence electrons. The minimum absolute atomic E-state index is 0. The van der Waals surface area contributed by atoms with E-state index in [1.54, 1.807) is 0 Å². The van der Waals surface area contributed by atoms with Crippen LogP contribution < -0.4 is 0 Å². The van der Waals surface area contributed by atoms with Gasteiger partial charge < -0.3 is 20.3 Å². The van der Waals surface area contributed by atoms with Crippen LogP contribution in [0.2, 0.25) is 0 Å². The molecule has 2 saturated carbocycles. The van der Waals surface area contributed by atoms with Crippen molar-refractivity contribution >= 4 is 0 Å². The Morgan fingerprint density at radius 1 is 0.905 bits per heavy atom. The van der Waals surface area contributed by atoms with E-state index >= 15 is 0 Å². The maximum absolute atomic E-state index is 4.07. The third-order valence-electron chi connectivity index (χ3n) is 3.59. The van der Waals surface area contributed by atoms with E-state index in [0.29, 0.717) is 0 Å². The van der Waals surface area contributed by atoms with Crippen LogP contribution in [0.15, 0.2) is 3.34 Å². The summed E-state index contributed by atoms with van der Waals surface area (Å²) in [5.41, 5.74) is 0.189. The molecule has 0 spiro atoms. The fraction of sp³-hybridized carbons (Fsp3) is 0.842. The molecule has 0 radical (unpaired) electrons. The summed E-state index contributed by atoms with van der Waals surface area (Å²) in [6, 6.07) is 0. The van der Waals surface area contributed by atoms with E-state index in [9.17, 15) is 0 Å². The smallest absolute Gasteiger partial charge is 0.0577 e. The molecule has 2 fully saturated rings. The maximum Gasteiger partial charge on any atom is -0.0577 e. The molecule has 2 aliphatic carbocycles. The molecule has 0 aromatic carbocycles. The first-order valence-corrected chi connectivity index (χ1v) is 9.36. The molecule has 1 nitrogen and oxygen atoms in total. The Labute approximate surface area is 147 Å². The van der Waals surface area contributed by atoms with Gasteiger partial charge in [0.25, 0.3) is 0 Å². The largest absolute Gasteiger partial charge is 0.358 e. The molecule has 0 aliphatic heterocycles. The Kier molecular flexibility index (Phi) is 16.0. The summed E-state index contributed by atoms with van der Waals surface area (Å²) in [4.78, 5) is 0. The molecule has 0 saturated heterocycles. The fourth-order valence-electron chi connectivity index (χ4n) is 2.41. The van der Waals surface area contributed by atoms with Gasteiger partial charge in [0.2, 0.25) is 0 Å². The van der Waals surface area contributed by atoms with Crippen molar-refractivity contribution in [2.24, 2.45) is 15.2 Å². The zero-order valence-electron chi connectivity index (χ0n) is 15.4. The van der Waals surface area contributed by atoms with Crippen LogP contribution in [0, 0.1) is 32.1 Å². The zero-order chi connectivity index (χ0) is 15.4. The number of hydrogen-bond donors (Lipinski definition) is 0. The molecule has 0 bridgehead atoms. The number of nitrogens with zero attached hydrogens (tertiary/aromatic N) is 1. The zero-order valence-corrected chi connectivity index (χ0v) is 17.6. The second-order valence-electron chi connectivity index (χ2n) is 7.28. The van der Waals surface area contributed by atoms with Crippen molar-refractivity contribution in [3.05, 3.63) is 20.3 Å². The van der Waals surface area contributed by atoms with Gasteiger partial charge in [-0.15, -0.1) is 0 Å². The average Bonchev–Trinajstić information content (AvgIpc) is 2.41. The first-order chi connectivity index (χ1) is 9.35. The minimum Gasteiger partial charge on any atom is -0.358 e. The number of rotatable bonds is 0. The summed E-state index contributed by atoms with van der Waals surface area (Å²) >= 11 is 1.52. The molecule has 2 rings (SSSR count). The average molecular weight is 373 g/mol. The van der Waals surface area contributed by atoms with Gasteiger partial charge in [-0.3, -0.25) is 0 Å². The third kappa shape index (κ3) is 18.5. The van der Waals surface area contributed by atoms with E-state index in [-0.39, 0.29) is 13.0 Å².